The molecule has 0 aliphatic carbocycles. The van der Waals surface area contributed by atoms with Crippen molar-refractivity contribution in [2.75, 3.05) is 29.9 Å². The van der Waals surface area contributed by atoms with Crippen molar-refractivity contribution < 1.29 is 9.53 Å². The summed E-state index contributed by atoms with van der Waals surface area (Å²) in [6.45, 7) is 6.10. The first-order valence-corrected chi connectivity index (χ1v) is 7.55. The largest absolute Gasteiger partial charge is 0.484 e. The van der Waals surface area contributed by atoms with Crippen molar-refractivity contribution in [2.24, 2.45) is 0 Å². The average Bonchev–Trinajstić information content (AvgIpc) is 2.55. The van der Waals surface area contributed by atoms with Gasteiger partial charge in [-0.05, 0) is 44.2 Å². The van der Waals surface area contributed by atoms with Crippen LogP contribution in [0.3, 0.4) is 0 Å². The second-order valence-electron chi connectivity index (χ2n) is 4.87. The topological polar surface area (TPSA) is 41.6 Å². The average molecular weight is 298 g/mol. The summed E-state index contributed by atoms with van der Waals surface area (Å²) in [5, 5.41) is 2.87. The van der Waals surface area contributed by atoms with Crippen LogP contribution in [0, 0.1) is 0 Å². The number of carbonyl (C=O) groups excluding carboxylic acids is 1. The molecule has 2 aromatic carbocycles. The Hall–Kier alpha value is -2.49. The van der Waals surface area contributed by atoms with Gasteiger partial charge < -0.3 is 15.0 Å². The second-order valence-corrected chi connectivity index (χ2v) is 4.87. The molecule has 22 heavy (non-hydrogen) atoms. The predicted molar refractivity (Wildman–Crippen MR) is 90.6 cm³/mol. The molecule has 2 aromatic rings. The molecular formula is C18H22N2O2. The third kappa shape index (κ3) is 4.52. The molecule has 1 N–H and O–H groups in total. The molecule has 4 heteroatoms. The van der Waals surface area contributed by atoms with Crippen LogP contribution in [0.4, 0.5) is 11.4 Å². The van der Waals surface area contributed by atoms with Crippen LogP contribution in [-0.4, -0.2) is 25.6 Å². The first-order chi connectivity index (χ1) is 10.7. The van der Waals surface area contributed by atoms with E-state index >= 15 is 0 Å². The number of anilines is 2. The molecule has 0 bridgehead atoms. The highest BCUT2D eigenvalue weighted by molar-refractivity contribution is 5.92. The Morgan fingerprint density at radius 3 is 2.45 bits per heavy atom. The van der Waals surface area contributed by atoms with Crippen LogP contribution in [0.25, 0.3) is 0 Å². The zero-order chi connectivity index (χ0) is 15.8. The van der Waals surface area contributed by atoms with Crippen LogP contribution < -0.4 is 15.0 Å². The van der Waals surface area contributed by atoms with Crippen molar-refractivity contribution in [3.63, 3.8) is 0 Å². The van der Waals surface area contributed by atoms with Gasteiger partial charge in [-0.2, -0.15) is 0 Å². The maximum atomic E-state index is 12.0. The minimum atomic E-state index is -0.166. The van der Waals surface area contributed by atoms with E-state index in [1.54, 1.807) is 0 Å². The number of rotatable bonds is 7. The third-order valence-electron chi connectivity index (χ3n) is 3.37. The normalized spacial score (nSPS) is 10.1. The number of ether oxygens (including phenoxy) is 1. The van der Waals surface area contributed by atoms with E-state index in [-0.39, 0.29) is 12.5 Å². The molecule has 0 atom stereocenters. The van der Waals surface area contributed by atoms with E-state index in [9.17, 15) is 4.79 Å². The van der Waals surface area contributed by atoms with Crippen LogP contribution in [-0.2, 0) is 4.79 Å². The van der Waals surface area contributed by atoms with Crippen LogP contribution in [0.15, 0.2) is 54.6 Å². The summed E-state index contributed by atoms with van der Waals surface area (Å²) in [7, 11) is 0. The maximum absolute atomic E-state index is 12.0. The molecule has 4 nitrogen and oxygen atoms in total. The number of amides is 1. The minimum Gasteiger partial charge on any atom is -0.484 e. The quantitative estimate of drug-likeness (QED) is 0.850. The molecule has 0 aromatic heterocycles. The van der Waals surface area contributed by atoms with Crippen molar-refractivity contribution >= 4 is 17.3 Å². The van der Waals surface area contributed by atoms with Gasteiger partial charge >= 0.3 is 0 Å². The third-order valence-corrected chi connectivity index (χ3v) is 3.37. The van der Waals surface area contributed by atoms with E-state index in [1.807, 2.05) is 54.6 Å². The number of benzene rings is 2. The van der Waals surface area contributed by atoms with Gasteiger partial charge in [0.25, 0.3) is 5.91 Å². The van der Waals surface area contributed by atoms with E-state index in [0.717, 1.165) is 24.5 Å². The molecule has 0 unspecified atom stereocenters. The molecule has 0 fully saturated rings. The van der Waals surface area contributed by atoms with E-state index in [4.69, 9.17) is 4.74 Å². The molecule has 0 spiro atoms. The summed E-state index contributed by atoms with van der Waals surface area (Å²) in [4.78, 5) is 14.2. The zero-order valence-corrected chi connectivity index (χ0v) is 13.1. The molecule has 1 amide bonds. The van der Waals surface area contributed by atoms with Crippen molar-refractivity contribution in [3.05, 3.63) is 54.6 Å². The smallest absolute Gasteiger partial charge is 0.262 e. The van der Waals surface area contributed by atoms with Crippen LogP contribution in [0.1, 0.15) is 13.8 Å². The number of hydrogen-bond acceptors (Lipinski definition) is 3. The van der Waals surface area contributed by atoms with E-state index in [0.29, 0.717) is 5.75 Å². The lowest BCUT2D eigenvalue weighted by molar-refractivity contribution is -0.118. The number of hydrogen-bond donors (Lipinski definition) is 1. The summed E-state index contributed by atoms with van der Waals surface area (Å²) in [5.41, 5.74) is 1.89. The lowest BCUT2D eigenvalue weighted by Crippen LogP contribution is -2.23. The number of carbonyl (C=O) groups is 1. The molecular weight excluding hydrogens is 276 g/mol. The van der Waals surface area contributed by atoms with Gasteiger partial charge in [-0.1, -0.05) is 24.3 Å². The molecule has 0 radical (unpaired) electrons. The van der Waals surface area contributed by atoms with Gasteiger partial charge in [-0.3, -0.25) is 4.79 Å². The van der Waals surface area contributed by atoms with Gasteiger partial charge in [0, 0.05) is 24.5 Å². The van der Waals surface area contributed by atoms with Gasteiger partial charge in [-0.25, -0.2) is 0 Å². The SMILES string of the molecule is CCN(CC)c1cccc(NC(=O)COc2ccccc2)c1. The second kappa shape index (κ2) is 8.08. The monoisotopic (exact) mass is 298 g/mol. The zero-order valence-electron chi connectivity index (χ0n) is 13.1. The van der Waals surface area contributed by atoms with Crippen LogP contribution in [0.5, 0.6) is 5.75 Å². The Kier molecular flexibility index (Phi) is 5.83. The van der Waals surface area contributed by atoms with Gasteiger partial charge in [0.15, 0.2) is 6.61 Å². The standard InChI is InChI=1S/C18H22N2O2/c1-3-20(4-2)16-10-8-9-15(13-16)19-18(21)14-22-17-11-6-5-7-12-17/h5-13H,3-4,14H2,1-2H3,(H,19,21). The Morgan fingerprint density at radius 2 is 1.77 bits per heavy atom. The highest BCUT2D eigenvalue weighted by atomic mass is 16.5. The van der Waals surface area contributed by atoms with E-state index in [2.05, 4.69) is 24.1 Å². The van der Waals surface area contributed by atoms with Crippen molar-refractivity contribution in [2.45, 2.75) is 13.8 Å². The lowest BCUT2D eigenvalue weighted by Gasteiger charge is -2.21. The van der Waals surface area contributed by atoms with Crippen molar-refractivity contribution in [1.82, 2.24) is 0 Å². The number of para-hydroxylation sites is 1. The van der Waals surface area contributed by atoms with Gasteiger partial charge in [0.05, 0.1) is 0 Å². The van der Waals surface area contributed by atoms with Crippen LogP contribution >= 0.6 is 0 Å². The Bertz CT molecular complexity index is 595. The van der Waals surface area contributed by atoms with E-state index < -0.39 is 0 Å². The first kappa shape index (κ1) is 15.9. The van der Waals surface area contributed by atoms with Gasteiger partial charge in [-0.15, -0.1) is 0 Å². The summed E-state index contributed by atoms with van der Waals surface area (Å²) in [6.07, 6.45) is 0. The Balaban J connectivity index is 1.92. The van der Waals surface area contributed by atoms with Crippen LogP contribution in [0.2, 0.25) is 0 Å². The molecule has 0 saturated heterocycles. The van der Waals surface area contributed by atoms with E-state index in [1.165, 1.54) is 0 Å². The number of nitrogens with one attached hydrogen (secondary N) is 1. The van der Waals surface area contributed by atoms with Crippen molar-refractivity contribution in [1.29, 1.82) is 0 Å². The Labute approximate surface area is 131 Å². The number of nitrogens with zero attached hydrogens (tertiary/aromatic N) is 1. The highest BCUT2D eigenvalue weighted by Crippen LogP contribution is 2.19. The maximum Gasteiger partial charge on any atom is 0.262 e. The summed E-state index contributed by atoms with van der Waals surface area (Å²) in [6, 6.07) is 17.2. The summed E-state index contributed by atoms with van der Waals surface area (Å²) < 4.78 is 5.44. The lowest BCUT2D eigenvalue weighted by atomic mass is 10.2. The van der Waals surface area contributed by atoms with Gasteiger partial charge in [0.1, 0.15) is 5.75 Å². The molecule has 2 rings (SSSR count). The Morgan fingerprint density at radius 1 is 1.05 bits per heavy atom. The minimum absolute atomic E-state index is 0.000485. The molecule has 0 saturated carbocycles. The highest BCUT2D eigenvalue weighted by Gasteiger charge is 2.06. The first-order valence-electron chi connectivity index (χ1n) is 7.55. The van der Waals surface area contributed by atoms with Crippen molar-refractivity contribution in [3.8, 4) is 5.75 Å². The summed E-state index contributed by atoms with van der Waals surface area (Å²) >= 11 is 0. The fourth-order valence-electron chi connectivity index (χ4n) is 2.23. The molecule has 0 aliphatic rings. The van der Waals surface area contributed by atoms with Gasteiger partial charge in [0.2, 0.25) is 0 Å². The molecule has 116 valence electrons. The molecule has 0 heterocycles. The summed E-state index contributed by atoms with van der Waals surface area (Å²) in [5.74, 6) is 0.523. The molecule has 0 aliphatic heterocycles. The fraction of sp³-hybridized carbons (Fsp3) is 0.278. The predicted octanol–water partition coefficient (Wildman–Crippen LogP) is 3.55. The fourth-order valence-corrected chi connectivity index (χ4v) is 2.23.